The molecule has 1 aliphatic carbocycles. The van der Waals surface area contributed by atoms with Gasteiger partial charge in [0.05, 0.1) is 12.3 Å². The van der Waals surface area contributed by atoms with Crippen LogP contribution in [0.25, 0.3) is 5.65 Å². The minimum atomic E-state index is -0.327. The summed E-state index contributed by atoms with van der Waals surface area (Å²) in [4.78, 5) is 4.33. The van der Waals surface area contributed by atoms with Crippen LogP contribution in [0, 0.1) is 11.2 Å². The Hall–Kier alpha value is -1.69. The van der Waals surface area contributed by atoms with E-state index in [4.69, 9.17) is 4.74 Å². The topological polar surface area (TPSA) is 51.5 Å². The first kappa shape index (κ1) is 12.3. The lowest BCUT2D eigenvalue weighted by Crippen LogP contribution is -2.57. The van der Waals surface area contributed by atoms with Gasteiger partial charge in [-0.1, -0.05) is 13.8 Å². The first-order valence-corrected chi connectivity index (χ1v) is 6.32. The van der Waals surface area contributed by atoms with E-state index >= 15 is 0 Å². The molecule has 3 rings (SSSR count). The van der Waals surface area contributed by atoms with Gasteiger partial charge in [-0.15, -0.1) is 5.10 Å². The fraction of sp³-hybridized carbons (Fsp3) is 0.538. The van der Waals surface area contributed by atoms with Crippen molar-refractivity contribution < 1.29 is 9.13 Å². The fourth-order valence-electron chi connectivity index (χ4n) is 2.61. The molecule has 1 N–H and O–H groups in total. The van der Waals surface area contributed by atoms with E-state index in [0.717, 1.165) is 6.42 Å². The number of methoxy groups -OCH3 is 1. The number of pyridine rings is 1. The van der Waals surface area contributed by atoms with Crippen molar-refractivity contribution in [3.05, 3.63) is 24.1 Å². The zero-order chi connectivity index (χ0) is 13.6. The van der Waals surface area contributed by atoms with Crippen molar-refractivity contribution in [2.45, 2.75) is 32.4 Å². The monoisotopic (exact) mass is 264 g/mol. The third kappa shape index (κ3) is 1.96. The molecule has 0 aliphatic heterocycles. The second-order valence-electron chi connectivity index (χ2n) is 5.56. The fourth-order valence-corrected chi connectivity index (χ4v) is 2.61. The molecule has 19 heavy (non-hydrogen) atoms. The maximum Gasteiger partial charge on any atom is 0.243 e. The third-order valence-corrected chi connectivity index (χ3v) is 4.06. The number of nitrogens with zero attached hydrogens (tertiary/aromatic N) is 3. The molecule has 2 heterocycles. The van der Waals surface area contributed by atoms with Crippen molar-refractivity contribution in [1.82, 2.24) is 14.6 Å². The summed E-state index contributed by atoms with van der Waals surface area (Å²) in [6.07, 6.45) is 2.49. The Labute approximate surface area is 110 Å². The Morgan fingerprint density at radius 1 is 1.47 bits per heavy atom. The molecule has 1 saturated carbocycles. The van der Waals surface area contributed by atoms with E-state index in [1.807, 2.05) is 0 Å². The molecular formula is C13H17FN4O. The number of hydrogen-bond acceptors (Lipinski definition) is 4. The minimum Gasteiger partial charge on any atom is -0.381 e. The molecule has 2 atom stereocenters. The Bertz CT molecular complexity index is 610. The van der Waals surface area contributed by atoms with Crippen molar-refractivity contribution >= 4 is 11.6 Å². The van der Waals surface area contributed by atoms with Crippen molar-refractivity contribution in [2.24, 2.45) is 5.41 Å². The molecular weight excluding hydrogens is 247 g/mol. The van der Waals surface area contributed by atoms with Crippen molar-refractivity contribution in [2.75, 3.05) is 12.4 Å². The highest BCUT2D eigenvalue weighted by atomic mass is 19.1. The minimum absolute atomic E-state index is 0.0392. The van der Waals surface area contributed by atoms with E-state index in [9.17, 15) is 4.39 Å². The van der Waals surface area contributed by atoms with Gasteiger partial charge in [-0.05, 0) is 18.6 Å². The Morgan fingerprint density at radius 3 is 2.95 bits per heavy atom. The molecule has 102 valence electrons. The number of fused-ring (bicyclic) bond motifs is 1. The van der Waals surface area contributed by atoms with Gasteiger partial charge in [0.2, 0.25) is 5.95 Å². The summed E-state index contributed by atoms with van der Waals surface area (Å²) in [7, 11) is 1.73. The van der Waals surface area contributed by atoms with Crippen LogP contribution in [0.4, 0.5) is 10.3 Å². The Morgan fingerprint density at radius 2 is 2.26 bits per heavy atom. The zero-order valence-electron chi connectivity index (χ0n) is 11.2. The van der Waals surface area contributed by atoms with Gasteiger partial charge in [0.15, 0.2) is 5.65 Å². The first-order chi connectivity index (χ1) is 9.00. The quantitative estimate of drug-likeness (QED) is 0.922. The maximum absolute atomic E-state index is 13.1. The van der Waals surface area contributed by atoms with E-state index in [1.54, 1.807) is 13.2 Å². The molecule has 0 amide bonds. The van der Waals surface area contributed by atoms with Crippen LogP contribution in [0.2, 0.25) is 0 Å². The lowest BCUT2D eigenvalue weighted by molar-refractivity contribution is -0.0796. The predicted octanol–water partition coefficient (Wildman–Crippen LogP) is 2.09. The van der Waals surface area contributed by atoms with Crippen LogP contribution in [0.15, 0.2) is 18.3 Å². The third-order valence-electron chi connectivity index (χ3n) is 4.06. The number of ether oxygens (including phenoxy) is 1. The molecule has 6 heteroatoms. The maximum atomic E-state index is 13.1. The number of nitrogens with one attached hydrogen (secondary N) is 1. The van der Waals surface area contributed by atoms with Gasteiger partial charge in [0, 0.05) is 18.6 Å². The summed E-state index contributed by atoms with van der Waals surface area (Å²) in [6, 6.07) is 3.25. The molecule has 0 radical (unpaired) electrons. The van der Waals surface area contributed by atoms with E-state index < -0.39 is 0 Å². The van der Waals surface area contributed by atoms with Crippen LogP contribution in [-0.4, -0.2) is 33.9 Å². The number of anilines is 1. The zero-order valence-corrected chi connectivity index (χ0v) is 11.2. The van der Waals surface area contributed by atoms with Crippen LogP contribution >= 0.6 is 0 Å². The lowest BCUT2D eigenvalue weighted by Gasteiger charge is -2.51. The number of hydrogen-bond donors (Lipinski definition) is 1. The molecule has 0 aromatic carbocycles. The van der Waals surface area contributed by atoms with Crippen LogP contribution in [0.3, 0.4) is 0 Å². The van der Waals surface area contributed by atoms with E-state index in [-0.39, 0.29) is 23.4 Å². The molecule has 0 bridgehead atoms. The smallest absolute Gasteiger partial charge is 0.243 e. The van der Waals surface area contributed by atoms with Crippen LogP contribution in [0.1, 0.15) is 20.3 Å². The summed E-state index contributed by atoms with van der Waals surface area (Å²) < 4.78 is 19.9. The summed E-state index contributed by atoms with van der Waals surface area (Å²) in [5.74, 6) is 0.200. The Balaban J connectivity index is 1.79. The van der Waals surface area contributed by atoms with Gasteiger partial charge in [-0.25, -0.2) is 8.91 Å². The van der Waals surface area contributed by atoms with E-state index in [2.05, 4.69) is 29.2 Å². The summed E-state index contributed by atoms with van der Waals surface area (Å²) >= 11 is 0. The van der Waals surface area contributed by atoms with Gasteiger partial charge >= 0.3 is 0 Å². The van der Waals surface area contributed by atoms with Crippen molar-refractivity contribution in [3.63, 3.8) is 0 Å². The van der Waals surface area contributed by atoms with E-state index in [0.29, 0.717) is 11.6 Å². The molecule has 1 aliphatic rings. The summed E-state index contributed by atoms with van der Waals surface area (Å²) in [5, 5.41) is 7.52. The van der Waals surface area contributed by atoms with Gasteiger partial charge < -0.3 is 10.1 Å². The van der Waals surface area contributed by atoms with Crippen LogP contribution in [0.5, 0.6) is 0 Å². The number of rotatable bonds is 3. The van der Waals surface area contributed by atoms with Crippen molar-refractivity contribution in [3.8, 4) is 0 Å². The van der Waals surface area contributed by atoms with Crippen LogP contribution < -0.4 is 5.32 Å². The van der Waals surface area contributed by atoms with Gasteiger partial charge in [0.25, 0.3) is 0 Å². The van der Waals surface area contributed by atoms with Gasteiger partial charge in [-0.3, -0.25) is 0 Å². The molecule has 1 fully saturated rings. The first-order valence-electron chi connectivity index (χ1n) is 6.32. The summed E-state index contributed by atoms with van der Waals surface area (Å²) in [5.41, 5.74) is 0.668. The predicted molar refractivity (Wildman–Crippen MR) is 69.6 cm³/mol. The SMILES string of the molecule is COC1CC(Nc2nc3ccc(F)cn3n2)C1(C)C. The normalized spacial score (nSPS) is 25.3. The second-order valence-corrected chi connectivity index (χ2v) is 5.56. The van der Waals surface area contributed by atoms with Gasteiger partial charge in [0.1, 0.15) is 5.82 Å². The molecule has 2 aromatic rings. The number of halogens is 1. The highest BCUT2D eigenvalue weighted by molar-refractivity contribution is 5.44. The standard InChI is InChI=1S/C13H17FN4O/c1-13(2)9(6-10(13)19-3)15-12-16-11-5-4-8(14)7-18(11)17-12/h4-5,7,9-10H,6H2,1-3H3,(H,15,17). The lowest BCUT2D eigenvalue weighted by atomic mass is 9.64. The van der Waals surface area contributed by atoms with E-state index in [1.165, 1.54) is 16.8 Å². The highest BCUT2D eigenvalue weighted by Gasteiger charge is 2.48. The average molecular weight is 264 g/mol. The largest absolute Gasteiger partial charge is 0.381 e. The average Bonchev–Trinajstić information content (AvgIpc) is 2.75. The molecule has 0 spiro atoms. The molecule has 5 nitrogen and oxygen atoms in total. The van der Waals surface area contributed by atoms with Crippen molar-refractivity contribution in [1.29, 1.82) is 0 Å². The summed E-state index contributed by atoms with van der Waals surface area (Å²) in [6.45, 7) is 4.30. The number of aromatic nitrogens is 3. The van der Waals surface area contributed by atoms with Crippen LogP contribution in [-0.2, 0) is 4.74 Å². The van der Waals surface area contributed by atoms with Gasteiger partial charge in [-0.2, -0.15) is 4.98 Å². The second kappa shape index (κ2) is 4.16. The molecule has 2 unspecified atom stereocenters. The Kier molecular flexibility index (Phi) is 2.70. The molecule has 2 aromatic heterocycles. The highest BCUT2D eigenvalue weighted by Crippen LogP contribution is 2.43. The molecule has 0 saturated heterocycles.